The number of carbonyl (C=O) groups is 1. The third kappa shape index (κ3) is 5.48. The van der Waals surface area contributed by atoms with Gasteiger partial charge in [-0.2, -0.15) is 0 Å². The van der Waals surface area contributed by atoms with Gasteiger partial charge in [-0.3, -0.25) is 13.9 Å². The zero-order valence-electron chi connectivity index (χ0n) is 11.9. The zero-order chi connectivity index (χ0) is 13.5. The van der Waals surface area contributed by atoms with Gasteiger partial charge in [0.2, 0.25) is 5.91 Å². The van der Waals surface area contributed by atoms with Gasteiger partial charge in [0, 0.05) is 41.9 Å². The number of amides is 1. The molecule has 0 aliphatic carbocycles. The van der Waals surface area contributed by atoms with Crippen LogP contribution in [0.1, 0.15) is 32.6 Å². The Hall–Kier alpha value is -0.420. The van der Waals surface area contributed by atoms with Gasteiger partial charge >= 0.3 is 0 Å². The molecule has 0 saturated carbocycles. The average Bonchev–Trinajstić information content (AvgIpc) is 2.56. The normalized spacial score (nSPS) is 20.6. The second-order valence-corrected chi connectivity index (χ2v) is 6.78. The molecule has 1 aliphatic rings. The molecule has 0 aromatic carbocycles. The van der Waals surface area contributed by atoms with Crippen molar-refractivity contribution in [3.8, 4) is 0 Å². The van der Waals surface area contributed by atoms with Crippen molar-refractivity contribution in [3.63, 3.8) is 0 Å². The van der Waals surface area contributed by atoms with Crippen LogP contribution in [0.3, 0.4) is 0 Å². The Morgan fingerprint density at radius 3 is 2.33 bits per heavy atom. The highest BCUT2D eigenvalue weighted by Crippen LogP contribution is 2.10. The van der Waals surface area contributed by atoms with E-state index in [2.05, 4.69) is 0 Å². The minimum Gasteiger partial charge on any atom is -0.342 e. The van der Waals surface area contributed by atoms with Crippen molar-refractivity contribution in [2.24, 2.45) is 0 Å². The Bertz CT molecular complexity index is 289. The maximum atomic E-state index is 12.2. The molecule has 0 aromatic heterocycles. The Morgan fingerprint density at radius 2 is 1.83 bits per heavy atom. The Labute approximate surface area is 113 Å². The van der Waals surface area contributed by atoms with E-state index in [1.165, 1.54) is 12.8 Å². The standard InChI is InChI=1S/C13H26N2O2S/c1-12(11-18(3)17)14(2)10-13(16)15-8-6-4-5-7-9-15/h12H,4-11H2,1-3H3. The van der Waals surface area contributed by atoms with Crippen LogP contribution in [0.2, 0.25) is 0 Å². The highest BCUT2D eigenvalue weighted by atomic mass is 32.2. The predicted octanol–water partition coefficient (Wildman–Crippen LogP) is 1.09. The van der Waals surface area contributed by atoms with Gasteiger partial charge in [0.15, 0.2) is 0 Å². The lowest BCUT2D eigenvalue weighted by atomic mass is 10.2. The molecule has 5 heteroatoms. The number of hydrogen-bond donors (Lipinski definition) is 0. The van der Waals surface area contributed by atoms with Crippen LogP contribution in [0.25, 0.3) is 0 Å². The van der Waals surface area contributed by atoms with E-state index in [1.807, 2.05) is 23.8 Å². The van der Waals surface area contributed by atoms with Crippen molar-refractivity contribution >= 4 is 16.7 Å². The summed E-state index contributed by atoms with van der Waals surface area (Å²) in [5, 5.41) is 0. The summed E-state index contributed by atoms with van der Waals surface area (Å²) in [7, 11) is 1.13. The predicted molar refractivity (Wildman–Crippen MR) is 76.1 cm³/mol. The Kier molecular flexibility index (Phi) is 6.86. The number of rotatable bonds is 5. The van der Waals surface area contributed by atoms with E-state index in [0.29, 0.717) is 12.3 Å². The second kappa shape index (κ2) is 7.89. The van der Waals surface area contributed by atoms with Gasteiger partial charge in [-0.05, 0) is 26.8 Å². The maximum Gasteiger partial charge on any atom is 0.236 e. The minimum atomic E-state index is -0.805. The molecule has 1 heterocycles. The van der Waals surface area contributed by atoms with Gasteiger partial charge in [-0.25, -0.2) is 0 Å². The summed E-state index contributed by atoms with van der Waals surface area (Å²) in [5.41, 5.74) is 0. The summed E-state index contributed by atoms with van der Waals surface area (Å²) in [6.45, 7) is 4.27. The fourth-order valence-electron chi connectivity index (χ4n) is 2.26. The zero-order valence-corrected chi connectivity index (χ0v) is 12.7. The molecule has 1 saturated heterocycles. The monoisotopic (exact) mass is 274 g/mol. The molecule has 1 rings (SSSR count). The Balaban J connectivity index is 2.39. The van der Waals surface area contributed by atoms with E-state index < -0.39 is 10.8 Å². The largest absolute Gasteiger partial charge is 0.342 e. The first-order chi connectivity index (χ1) is 8.50. The first-order valence-electron chi connectivity index (χ1n) is 6.78. The molecule has 0 bridgehead atoms. The van der Waals surface area contributed by atoms with E-state index >= 15 is 0 Å². The number of likely N-dealkylation sites (N-methyl/N-ethyl adjacent to an activating group) is 1. The summed E-state index contributed by atoms with van der Waals surface area (Å²) in [5.74, 6) is 0.845. The van der Waals surface area contributed by atoms with Crippen molar-refractivity contribution in [2.75, 3.05) is 38.7 Å². The fourth-order valence-corrected chi connectivity index (χ4v) is 3.19. The van der Waals surface area contributed by atoms with Crippen LogP contribution in [0.5, 0.6) is 0 Å². The second-order valence-electron chi connectivity index (χ2n) is 5.30. The van der Waals surface area contributed by atoms with Gasteiger partial charge in [-0.1, -0.05) is 12.8 Å². The summed E-state index contributed by atoms with van der Waals surface area (Å²) in [6, 6.07) is 0.187. The lowest BCUT2D eigenvalue weighted by Crippen LogP contribution is -2.43. The van der Waals surface area contributed by atoms with E-state index in [0.717, 1.165) is 25.9 Å². The quantitative estimate of drug-likeness (QED) is 0.753. The van der Waals surface area contributed by atoms with E-state index in [4.69, 9.17) is 0 Å². The fraction of sp³-hybridized carbons (Fsp3) is 0.923. The highest BCUT2D eigenvalue weighted by Gasteiger charge is 2.19. The SMILES string of the molecule is CC(CS(C)=O)N(C)CC(=O)N1CCCCCC1. The van der Waals surface area contributed by atoms with E-state index in [-0.39, 0.29) is 11.9 Å². The van der Waals surface area contributed by atoms with Gasteiger partial charge in [0.05, 0.1) is 6.54 Å². The molecule has 0 N–H and O–H groups in total. The first-order valence-corrected chi connectivity index (χ1v) is 8.51. The van der Waals surface area contributed by atoms with Crippen LogP contribution >= 0.6 is 0 Å². The summed E-state index contributed by atoms with van der Waals surface area (Å²) >= 11 is 0. The third-order valence-electron chi connectivity index (χ3n) is 3.57. The summed E-state index contributed by atoms with van der Waals surface area (Å²) < 4.78 is 11.2. The van der Waals surface area contributed by atoms with Crippen molar-refractivity contribution in [1.82, 2.24) is 9.80 Å². The lowest BCUT2D eigenvalue weighted by Gasteiger charge is -2.27. The molecule has 2 unspecified atom stereocenters. The van der Waals surface area contributed by atoms with Crippen molar-refractivity contribution in [2.45, 2.75) is 38.6 Å². The van der Waals surface area contributed by atoms with Gasteiger partial charge in [0.25, 0.3) is 0 Å². The van der Waals surface area contributed by atoms with Crippen molar-refractivity contribution in [3.05, 3.63) is 0 Å². The first kappa shape index (κ1) is 15.6. The van der Waals surface area contributed by atoms with Crippen LogP contribution in [0.4, 0.5) is 0 Å². The molecule has 0 spiro atoms. The molecular weight excluding hydrogens is 248 g/mol. The number of likely N-dealkylation sites (tertiary alicyclic amines) is 1. The van der Waals surface area contributed by atoms with Crippen LogP contribution in [-0.4, -0.2) is 64.6 Å². The van der Waals surface area contributed by atoms with E-state index in [1.54, 1.807) is 6.26 Å². The van der Waals surface area contributed by atoms with Gasteiger partial charge in [0.1, 0.15) is 0 Å². The lowest BCUT2D eigenvalue weighted by molar-refractivity contribution is -0.132. The van der Waals surface area contributed by atoms with Crippen LogP contribution < -0.4 is 0 Å². The smallest absolute Gasteiger partial charge is 0.236 e. The van der Waals surface area contributed by atoms with Crippen molar-refractivity contribution in [1.29, 1.82) is 0 Å². The molecule has 1 fully saturated rings. The maximum absolute atomic E-state index is 12.2. The van der Waals surface area contributed by atoms with E-state index in [9.17, 15) is 9.00 Å². The van der Waals surface area contributed by atoms with Crippen molar-refractivity contribution < 1.29 is 9.00 Å². The molecule has 0 radical (unpaired) electrons. The Morgan fingerprint density at radius 1 is 1.28 bits per heavy atom. The number of nitrogens with zero attached hydrogens (tertiary/aromatic N) is 2. The third-order valence-corrected chi connectivity index (χ3v) is 4.52. The molecule has 1 aliphatic heterocycles. The van der Waals surface area contributed by atoms with Gasteiger partial charge in [-0.15, -0.1) is 0 Å². The molecule has 18 heavy (non-hydrogen) atoms. The van der Waals surface area contributed by atoms with Gasteiger partial charge < -0.3 is 4.90 Å². The molecule has 2 atom stereocenters. The van der Waals surface area contributed by atoms with Crippen LogP contribution in [0.15, 0.2) is 0 Å². The molecular formula is C13H26N2O2S. The molecule has 0 aromatic rings. The van der Waals surface area contributed by atoms with Crippen LogP contribution in [0, 0.1) is 0 Å². The highest BCUT2D eigenvalue weighted by molar-refractivity contribution is 7.84. The summed E-state index contributed by atoms with van der Waals surface area (Å²) in [4.78, 5) is 16.2. The topological polar surface area (TPSA) is 40.6 Å². The molecule has 1 amide bonds. The van der Waals surface area contributed by atoms with Crippen LogP contribution in [-0.2, 0) is 15.6 Å². The minimum absolute atomic E-state index is 0.187. The molecule has 106 valence electrons. The summed E-state index contributed by atoms with van der Waals surface area (Å²) in [6.07, 6.45) is 6.45. The average molecular weight is 274 g/mol. The number of carbonyl (C=O) groups excluding carboxylic acids is 1. The number of hydrogen-bond acceptors (Lipinski definition) is 3. The molecule has 4 nitrogen and oxygen atoms in total.